The summed E-state index contributed by atoms with van der Waals surface area (Å²) < 4.78 is 5.57. The molecular weight excluding hydrogens is 503 g/mol. The van der Waals surface area contributed by atoms with Crippen LogP contribution in [0.25, 0.3) is 0 Å². The normalized spacial score (nSPS) is 10.7. The third kappa shape index (κ3) is 8.10. The van der Waals surface area contributed by atoms with Crippen molar-refractivity contribution in [1.82, 2.24) is 15.1 Å². The number of carbonyl (C=O) groups is 1. The van der Waals surface area contributed by atoms with E-state index >= 15 is 0 Å². The van der Waals surface area contributed by atoms with Crippen LogP contribution in [0.1, 0.15) is 11.1 Å². The third-order valence-electron chi connectivity index (χ3n) is 4.15. The van der Waals surface area contributed by atoms with Gasteiger partial charge < -0.3 is 19.9 Å². The van der Waals surface area contributed by atoms with E-state index in [1.807, 2.05) is 60.5 Å². The van der Waals surface area contributed by atoms with Crippen molar-refractivity contribution in [3.63, 3.8) is 0 Å². The van der Waals surface area contributed by atoms with E-state index in [0.717, 1.165) is 22.1 Å². The van der Waals surface area contributed by atoms with Crippen molar-refractivity contribution in [3.8, 4) is 5.75 Å². The molecule has 1 N–H and O–H groups in total. The summed E-state index contributed by atoms with van der Waals surface area (Å²) in [6.45, 7) is 1.25. The Kier molecular flexibility index (Phi) is 10.8. The minimum absolute atomic E-state index is 0. The number of carbonyl (C=O) groups excluding carboxylic acids is 1. The minimum Gasteiger partial charge on any atom is -0.484 e. The van der Waals surface area contributed by atoms with E-state index < -0.39 is 0 Å². The molecule has 29 heavy (non-hydrogen) atoms. The fourth-order valence-corrected chi connectivity index (χ4v) is 2.74. The lowest BCUT2D eigenvalue weighted by molar-refractivity contribution is -0.130. The second-order valence-corrected chi connectivity index (χ2v) is 6.98. The number of likely N-dealkylation sites (N-methyl/N-ethyl adjacent to an activating group) is 1. The molecule has 2 rings (SSSR count). The van der Waals surface area contributed by atoms with E-state index in [2.05, 4.69) is 10.3 Å². The summed E-state index contributed by atoms with van der Waals surface area (Å²) in [6.07, 6.45) is 0. The highest BCUT2D eigenvalue weighted by molar-refractivity contribution is 14.0. The lowest BCUT2D eigenvalue weighted by Gasteiger charge is -2.22. The number of rotatable bonds is 7. The molecule has 1 amide bonds. The molecule has 0 saturated carbocycles. The van der Waals surface area contributed by atoms with Crippen LogP contribution in [0.4, 0.5) is 0 Å². The Morgan fingerprint density at radius 1 is 1.14 bits per heavy atom. The summed E-state index contributed by atoms with van der Waals surface area (Å²) in [5.41, 5.74) is 2.07. The molecule has 8 heteroatoms. The van der Waals surface area contributed by atoms with Crippen LogP contribution in [0.15, 0.2) is 53.5 Å². The fourth-order valence-electron chi connectivity index (χ4n) is 2.54. The minimum atomic E-state index is -0.0786. The Morgan fingerprint density at radius 2 is 1.86 bits per heavy atom. The first kappa shape index (κ1) is 25.0. The van der Waals surface area contributed by atoms with Crippen molar-refractivity contribution in [3.05, 3.63) is 64.7 Å². The predicted molar refractivity (Wildman–Crippen MR) is 129 cm³/mol. The molecule has 0 aliphatic heterocycles. The monoisotopic (exact) mass is 530 g/mol. The molecule has 0 aliphatic carbocycles. The molecule has 2 aromatic rings. The molecule has 0 atom stereocenters. The van der Waals surface area contributed by atoms with E-state index in [1.165, 1.54) is 4.90 Å². The highest BCUT2D eigenvalue weighted by Crippen LogP contribution is 2.17. The molecule has 6 nitrogen and oxygen atoms in total. The highest BCUT2D eigenvalue weighted by atomic mass is 127. The molecule has 0 spiro atoms. The molecule has 0 saturated heterocycles. The number of hydrogen-bond acceptors (Lipinski definition) is 3. The van der Waals surface area contributed by atoms with Crippen LogP contribution in [0, 0.1) is 0 Å². The van der Waals surface area contributed by atoms with Gasteiger partial charge in [-0.2, -0.15) is 0 Å². The molecule has 158 valence electrons. The van der Waals surface area contributed by atoms with E-state index in [4.69, 9.17) is 16.3 Å². The molecule has 2 aromatic carbocycles. The zero-order valence-electron chi connectivity index (χ0n) is 17.2. The zero-order chi connectivity index (χ0) is 20.5. The van der Waals surface area contributed by atoms with Crippen molar-refractivity contribution in [1.29, 1.82) is 0 Å². The van der Waals surface area contributed by atoms with Crippen LogP contribution < -0.4 is 10.1 Å². The quantitative estimate of drug-likeness (QED) is 0.337. The summed E-state index contributed by atoms with van der Waals surface area (Å²) in [5.74, 6) is 1.34. The van der Waals surface area contributed by atoms with Crippen LogP contribution in [-0.2, 0) is 17.9 Å². The fraction of sp³-hybridized carbons (Fsp3) is 0.333. The van der Waals surface area contributed by atoms with Crippen LogP contribution in [0.2, 0.25) is 5.02 Å². The first-order valence-electron chi connectivity index (χ1n) is 8.97. The van der Waals surface area contributed by atoms with E-state index in [1.54, 1.807) is 21.1 Å². The summed E-state index contributed by atoms with van der Waals surface area (Å²) in [5, 5.41) is 4.08. The lowest BCUT2D eigenvalue weighted by Crippen LogP contribution is -2.38. The Labute approximate surface area is 194 Å². The second-order valence-electron chi connectivity index (χ2n) is 6.57. The van der Waals surface area contributed by atoms with E-state index in [9.17, 15) is 4.79 Å². The molecule has 0 fully saturated rings. The zero-order valence-corrected chi connectivity index (χ0v) is 20.3. The van der Waals surface area contributed by atoms with Gasteiger partial charge in [-0.05, 0) is 29.3 Å². The van der Waals surface area contributed by atoms with Gasteiger partial charge in [-0.1, -0.05) is 41.9 Å². The lowest BCUT2D eigenvalue weighted by atomic mass is 10.2. The molecular formula is C21H28ClIN4O2. The number of aliphatic imine (C=N–C) groups is 1. The van der Waals surface area contributed by atoms with Gasteiger partial charge in [0, 0.05) is 46.3 Å². The summed E-state index contributed by atoms with van der Waals surface area (Å²) in [7, 11) is 7.12. The van der Waals surface area contributed by atoms with Crippen molar-refractivity contribution in [2.75, 3.05) is 34.8 Å². The number of hydrogen-bond donors (Lipinski definition) is 1. The van der Waals surface area contributed by atoms with Crippen molar-refractivity contribution in [2.24, 2.45) is 4.99 Å². The number of guanidine groups is 1. The van der Waals surface area contributed by atoms with E-state index in [0.29, 0.717) is 18.8 Å². The Balaban J connectivity index is 0.00000420. The molecule has 0 radical (unpaired) electrons. The van der Waals surface area contributed by atoms with Gasteiger partial charge in [0.05, 0.1) is 0 Å². The van der Waals surface area contributed by atoms with Crippen LogP contribution in [0.3, 0.4) is 0 Å². The SMILES string of the molecule is CN=C(NCc1cccc(OCC(=O)N(C)C)c1)N(C)Cc1ccccc1Cl.I. The van der Waals surface area contributed by atoms with Gasteiger partial charge in [-0.3, -0.25) is 9.79 Å². The van der Waals surface area contributed by atoms with Gasteiger partial charge >= 0.3 is 0 Å². The molecule has 0 aromatic heterocycles. The number of nitrogens with zero attached hydrogens (tertiary/aromatic N) is 3. The van der Waals surface area contributed by atoms with Crippen LogP contribution in [0.5, 0.6) is 5.75 Å². The number of amides is 1. The molecule has 0 heterocycles. The number of nitrogens with one attached hydrogen (secondary N) is 1. The topological polar surface area (TPSA) is 57.2 Å². The van der Waals surface area contributed by atoms with Gasteiger partial charge in [0.25, 0.3) is 5.91 Å². The largest absolute Gasteiger partial charge is 0.484 e. The van der Waals surface area contributed by atoms with Crippen molar-refractivity contribution >= 4 is 47.4 Å². The molecule has 0 bridgehead atoms. The third-order valence-corrected chi connectivity index (χ3v) is 4.52. The number of benzene rings is 2. The molecule has 0 unspecified atom stereocenters. The van der Waals surface area contributed by atoms with Gasteiger partial charge in [0.15, 0.2) is 12.6 Å². The van der Waals surface area contributed by atoms with E-state index in [-0.39, 0.29) is 36.5 Å². The van der Waals surface area contributed by atoms with Gasteiger partial charge in [-0.25, -0.2) is 0 Å². The van der Waals surface area contributed by atoms with Gasteiger partial charge in [0.2, 0.25) is 0 Å². The van der Waals surface area contributed by atoms with Crippen LogP contribution >= 0.6 is 35.6 Å². The first-order valence-corrected chi connectivity index (χ1v) is 9.35. The average Bonchev–Trinajstić information content (AvgIpc) is 2.68. The smallest absolute Gasteiger partial charge is 0.259 e. The summed E-state index contributed by atoms with van der Waals surface area (Å²) in [4.78, 5) is 19.5. The van der Waals surface area contributed by atoms with Crippen molar-refractivity contribution in [2.45, 2.75) is 13.1 Å². The Bertz CT molecular complexity index is 830. The maximum atomic E-state index is 11.7. The van der Waals surface area contributed by atoms with Crippen molar-refractivity contribution < 1.29 is 9.53 Å². The maximum Gasteiger partial charge on any atom is 0.259 e. The standard InChI is InChI=1S/C21H27ClN4O2.HI/c1-23-21(26(4)14-17-9-5-6-11-19(17)22)24-13-16-8-7-10-18(12-16)28-15-20(27)25(2)3;/h5-12H,13-15H2,1-4H3,(H,23,24);1H. The highest BCUT2D eigenvalue weighted by Gasteiger charge is 2.09. The Hall–Kier alpha value is -2.00. The molecule has 0 aliphatic rings. The predicted octanol–water partition coefficient (Wildman–Crippen LogP) is 3.63. The first-order chi connectivity index (χ1) is 13.4. The van der Waals surface area contributed by atoms with Gasteiger partial charge in [-0.15, -0.1) is 24.0 Å². The van der Waals surface area contributed by atoms with Gasteiger partial charge in [0.1, 0.15) is 5.75 Å². The summed E-state index contributed by atoms with van der Waals surface area (Å²) in [6, 6.07) is 15.4. The summed E-state index contributed by atoms with van der Waals surface area (Å²) >= 11 is 6.25. The number of ether oxygens (including phenoxy) is 1. The second kappa shape index (κ2) is 12.5. The van der Waals surface area contributed by atoms with Crippen LogP contribution in [-0.4, -0.2) is 56.5 Å². The maximum absolute atomic E-state index is 11.7. The Morgan fingerprint density at radius 3 is 2.52 bits per heavy atom. The average molecular weight is 531 g/mol. The number of halogens is 2.